The van der Waals surface area contributed by atoms with Crippen molar-refractivity contribution < 1.29 is 23.5 Å². The summed E-state index contributed by atoms with van der Waals surface area (Å²) in [7, 11) is 3.10. The number of benzene rings is 1. The molecule has 0 atom stereocenters. The van der Waals surface area contributed by atoms with E-state index >= 15 is 0 Å². The van der Waals surface area contributed by atoms with Gasteiger partial charge in [0.25, 0.3) is 5.89 Å². The van der Waals surface area contributed by atoms with Crippen LogP contribution in [0, 0.1) is 0 Å². The van der Waals surface area contributed by atoms with Crippen molar-refractivity contribution in [3.05, 3.63) is 54.2 Å². The van der Waals surface area contributed by atoms with E-state index in [1.54, 1.807) is 43.6 Å². The Bertz CT molecular complexity index is 864. The molecule has 3 aromatic rings. The highest BCUT2D eigenvalue weighted by molar-refractivity contribution is 5.88. The highest BCUT2D eigenvalue weighted by atomic mass is 16.6. The molecule has 128 valence electrons. The van der Waals surface area contributed by atoms with Gasteiger partial charge in [-0.3, -0.25) is 4.98 Å². The lowest BCUT2D eigenvalue weighted by Gasteiger charge is -2.07. The van der Waals surface area contributed by atoms with Crippen LogP contribution in [-0.2, 0) is 11.3 Å². The Kier molecular flexibility index (Phi) is 4.89. The normalized spacial score (nSPS) is 10.3. The number of ether oxygens (including phenoxy) is 3. The highest BCUT2D eigenvalue weighted by Gasteiger charge is 2.16. The largest absolute Gasteiger partial charge is 0.497 e. The topological polar surface area (TPSA) is 96.6 Å². The van der Waals surface area contributed by atoms with E-state index in [9.17, 15) is 4.79 Å². The van der Waals surface area contributed by atoms with Gasteiger partial charge in [-0.25, -0.2) is 4.79 Å². The monoisotopic (exact) mass is 341 g/mol. The summed E-state index contributed by atoms with van der Waals surface area (Å²) >= 11 is 0. The van der Waals surface area contributed by atoms with Gasteiger partial charge in [-0.2, -0.15) is 4.98 Å². The van der Waals surface area contributed by atoms with Gasteiger partial charge < -0.3 is 18.7 Å². The van der Waals surface area contributed by atoms with Gasteiger partial charge >= 0.3 is 5.97 Å². The van der Waals surface area contributed by atoms with Crippen molar-refractivity contribution in [2.45, 2.75) is 6.61 Å². The molecule has 0 aliphatic rings. The van der Waals surface area contributed by atoms with Gasteiger partial charge in [0.2, 0.25) is 5.82 Å². The Morgan fingerprint density at radius 1 is 1.20 bits per heavy atom. The van der Waals surface area contributed by atoms with Crippen molar-refractivity contribution in [3.8, 4) is 22.9 Å². The fourth-order valence-corrected chi connectivity index (χ4v) is 2.10. The van der Waals surface area contributed by atoms with E-state index < -0.39 is 5.97 Å². The Labute approximate surface area is 143 Å². The van der Waals surface area contributed by atoms with Gasteiger partial charge in [0.05, 0.1) is 25.3 Å². The van der Waals surface area contributed by atoms with Crippen molar-refractivity contribution in [3.63, 3.8) is 0 Å². The third-order valence-corrected chi connectivity index (χ3v) is 3.34. The Hall–Kier alpha value is -3.42. The molecule has 0 fully saturated rings. The molecule has 8 heteroatoms. The molecule has 25 heavy (non-hydrogen) atoms. The smallest absolute Gasteiger partial charge is 0.340 e. The standard InChI is InChI=1S/C17H15N3O5/c1-22-12-5-6-13(14(8-12)23-2)16-19-15(25-20-16)10-24-17(21)11-4-3-7-18-9-11/h3-9H,10H2,1-2H3. The van der Waals surface area contributed by atoms with Gasteiger partial charge in [0.15, 0.2) is 6.61 Å². The molecule has 0 radical (unpaired) electrons. The molecule has 1 aromatic carbocycles. The molecule has 2 heterocycles. The first-order valence-corrected chi connectivity index (χ1v) is 7.33. The third kappa shape index (κ3) is 3.74. The van der Waals surface area contributed by atoms with Gasteiger partial charge in [0, 0.05) is 18.5 Å². The Morgan fingerprint density at radius 3 is 2.80 bits per heavy atom. The average molecular weight is 341 g/mol. The quantitative estimate of drug-likeness (QED) is 0.631. The minimum Gasteiger partial charge on any atom is -0.497 e. The van der Waals surface area contributed by atoms with E-state index in [4.69, 9.17) is 18.7 Å². The van der Waals surface area contributed by atoms with Crippen LogP contribution in [0.5, 0.6) is 11.5 Å². The predicted molar refractivity (Wildman–Crippen MR) is 86.2 cm³/mol. The Balaban J connectivity index is 1.71. The molecule has 0 saturated carbocycles. The maximum absolute atomic E-state index is 11.9. The second-order valence-electron chi connectivity index (χ2n) is 4.90. The summed E-state index contributed by atoms with van der Waals surface area (Å²) in [6, 6.07) is 8.49. The Morgan fingerprint density at radius 2 is 2.08 bits per heavy atom. The van der Waals surface area contributed by atoms with Crippen molar-refractivity contribution in [1.82, 2.24) is 15.1 Å². The second kappa shape index (κ2) is 7.43. The van der Waals surface area contributed by atoms with E-state index in [1.807, 2.05) is 0 Å². The SMILES string of the molecule is COc1ccc(-c2noc(COC(=O)c3cccnc3)n2)c(OC)c1. The van der Waals surface area contributed by atoms with E-state index in [1.165, 1.54) is 13.3 Å². The molecule has 0 aliphatic heterocycles. The molecule has 0 unspecified atom stereocenters. The van der Waals surface area contributed by atoms with Crippen LogP contribution in [0.25, 0.3) is 11.4 Å². The molecule has 3 rings (SSSR count). The van der Waals surface area contributed by atoms with Crippen LogP contribution in [-0.4, -0.2) is 35.3 Å². The molecule has 0 N–H and O–H groups in total. The minimum absolute atomic E-state index is 0.140. The molecule has 0 amide bonds. The summed E-state index contributed by atoms with van der Waals surface area (Å²) in [5.74, 6) is 1.17. The van der Waals surface area contributed by atoms with Gasteiger partial charge in [0.1, 0.15) is 11.5 Å². The van der Waals surface area contributed by atoms with E-state index in [-0.39, 0.29) is 12.5 Å². The summed E-state index contributed by atoms with van der Waals surface area (Å²) in [4.78, 5) is 20.0. The minimum atomic E-state index is -0.519. The van der Waals surface area contributed by atoms with Gasteiger partial charge in [-0.15, -0.1) is 0 Å². The maximum Gasteiger partial charge on any atom is 0.340 e. The van der Waals surface area contributed by atoms with Crippen LogP contribution >= 0.6 is 0 Å². The zero-order valence-corrected chi connectivity index (χ0v) is 13.6. The maximum atomic E-state index is 11.9. The van der Waals surface area contributed by atoms with Crippen LogP contribution in [0.2, 0.25) is 0 Å². The van der Waals surface area contributed by atoms with Crippen LogP contribution in [0.3, 0.4) is 0 Å². The lowest BCUT2D eigenvalue weighted by Crippen LogP contribution is -2.05. The molecule has 0 spiro atoms. The number of methoxy groups -OCH3 is 2. The lowest BCUT2D eigenvalue weighted by molar-refractivity contribution is 0.0429. The van der Waals surface area contributed by atoms with Crippen LogP contribution in [0.4, 0.5) is 0 Å². The number of pyridine rings is 1. The number of esters is 1. The highest BCUT2D eigenvalue weighted by Crippen LogP contribution is 2.31. The fourth-order valence-electron chi connectivity index (χ4n) is 2.10. The van der Waals surface area contributed by atoms with Crippen molar-refractivity contribution in [2.75, 3.05) is 14.2 Å². The number of hydrogen-bond donors (Lipinski definition) is 0. The summed E-state index contributed by atoms with van der Waals surface area (Å²) in [6.45, 7) is -0.140. The number of aromatic nitrogens is 3. The third-order valence-electron chi connectivity index (χ3n) is 3.34. The van der Waals surface area contributed by atoms with Gasteiger partial charge in [-0.1, -0.05) is 5.16 Å². The van der Waals surface area contributed by atoms with Crippen LogP contribution in [0.15, 0.2) is 47.2 Å². The molecular formula is C17H15N3O5. The van der Waals surface area contributed by atoms with Gasteiger partial charge in [-0.05, 0) is 24.3 Å². The molecule has 8 nitrogen and oxygen atoms in total. The van der Waals surface area contributed by atoms with E-state index in [0.29, 0.717) is 28.5 Å². The van der Waals surface area contributed by atoms with Crippen molar-refractivity contribution in [1.29, 1.82) is 0 Å². The number of carbonyl (C=O) groups is 1. The number of nitrogens with zero attached hydrogens (tertiary/aromatic N) is 3. The second-order valence-corrected chi connectivity index (χ2v) is 4.90. The van der Waals surface area contributed by atoms with Crippen molar-refractivity contribution >= 4 is 5.97 Å². The van der Waals surface area contributed by atoms with Crippen LogP contribution < -0.4 is 9.47 Å². The molecule has 0 bridgehead atoms. The molecule has 2 aromatic heterocycles. The molecule has 0 saturated heterocycles. The summed E-state index contributed by atoms with van der Waals surface area (Å²) < 4.78 is 20.7. The average Bonchev–Trinajstić information content (AvgIpc) is 3.15. The summed E-state index contributed by atoms with van der Waals surface area (Å²) in [5.41, 5.74) is 0.982. The first-order chi connectivity index (χ1) is 12.2. The van der Waals surface area contributed by atoms with Crippen LogP contribution in [0.1, 0.15) is 16.2 Å². The zero-order valence-electron chi connectivity index (χ0n) is 13.6. The number of rotatable bonds is 6. The number of carbonyl (C=O) groups excluding carboxylic acids is 1. The van der Waals surface area contributed by atoms with E-state index in [0.717, 1.165) is 0 Å². The number of hydrogen-bond acceptors (Lipinski definition) is 8. The lowest BCUT2D eigenvalue weighted by atomic mass is 10.2. The first-order valence-electron chi connectivity index (χ1n) is 7.33. The summed E-state index contributed by atoms with van der Waals surface area (Å²) in [5, 5.41) is 3.89. The first kappa shape index (κ1) is 16.4. The molecule has 0 aliphatic carbocycles. The zero-order chi connectivity index (χ0) is 17.6. The van der Waals surface area contributed by atoms with Crippen molar-refractivity contribution in [2.24, 2.45) is 0 Å². The summed E-state index contributed by atoms with van der Waals surface area (Å²) in [6.07, 6.45) is 2.99. The predicted octanol–water partition coefficient (Wildman–Crippen LogP) is 2.51. The van der Waals surface area contributed by atoms with E-state index in [2.05, 4.69) is 15.1 Å². The fraction of sp³-hybridized carbons (Fsp3) is 0.176. The molecular weight excluding hydrogens is 326 g/mol.